The Bertz CT molecular complexity index is 568. The molecule has 0 amide bonds. The van der Waals surface area contributed by atoms with Gasteiger partial charge in [0.05, 0.1) is 7.11 Å². The van der Waals surface area contributed by atoms with Crippen LogP contribution in [0.3, 0.4) is 0 Å². The molecule has 2 aromatic carbocycles. The van der Waals surface area contributed by atoms with E-state index in [2.05, 4.69) is 65.4 Å². The Morgan fingerprint density at radius 3 is 2.29 bits per heavy atom. The van der Waals surface area contributed by atoms with E-state index in [1.165, 1.54) is 11.0 Å². The van der Waals surface area contributed by atoms with E-state index in [1.807, 2.05) is 12.1 Å². The first-order chi connectivity index (χ1) is 10.0. The van der Waals surface area contributed by atoms with Gasteiger partial charge in [0.1, 0.15) is 5.75 Å². The lowest BCUT2D eigenvalue weighted by molar-refractivity contribution is 0.408. The summed E-state index contributed by atoms with van der Waals surface area (Å²) in [5.41, 5.74) is 2.67. The molecule has 1 unspecified atom stereocenters. The minimum atomic E-state index is 0.215. The second kappa shape index (κ2) is 7.14. The zero-order valence-electron chi connectivity index (χ0n) is 13.2. The number of benzene rings is 2. The van der Waals surface area contributed by atoms with Crippen molar-refractivity contribution >= 4 is 21.0 Å². The van der Waals surface area contributed by atoms with Gasteiger partial charge in [-0.25, -0.2) is 0 Å². The third-order valence-electron chi connectivity index (χ3n) is 4.23. The zero-order valence-corrected chi connectivity index (χ0v) is 14.3. The van der Waals surface area contributed by atoms with Crippen molar-refractivity contribution in [3.63, 3.8) is 0 Å². The zero-order chi connectivity index (χ0) is 15.3. The third kappa shape index (κ3) is 4.11. The van der Waals surface area contributed by atoms with Crippen LogP contribution in [0.1, 0.15) is 25.8 Å². The lowest BCUT2D eigenvalue weighted by Crippen LogP contribution is -2.34. The van der Waals surface area contributed by atoms with Crippen molar-refractivity contribution in [2.24, 2.45) is 0 Å². The summed E-state index contributed by atoms with van der Waals surface area (Å²) in [6.07, 6.45) is 2.61. The van der Waals surface area contributed by atoms with Crippen molar-refractivity contribution in [2.45, 2.75) is 32.0 Å². The van der Waals surface area contributed by atoms with E-state index in [-0.39, 0.29) is 5.31 Å². The highest BCUT2D eigenvalue weighted by atomic mass is 31.0. The molecule has 3 heteroatoms. The van der Waals surface area contributed by atoms with Crippen molar-refractivity contribution < 1.29 is 4.74 Å². The molecule has 0 aromatic heterocycles. The molecule has 1 nitrogen and oxygen atoms in total. The van der Waals surface area contributed by atoms with Gasteiger partial charge in [-0.1, -0.05) is 67.8 Å². The molecular weight excluding hydrogens is 274 g/mol. The Balaban J connectivity index is 2.07. The fourth-order valence-corrected chi connectivity index (χ4v) is 3.02. The van der Waals surface area contributed by atoms with Crippen LogP contribution in [0.2, 0.25) is 5.31 Å². The Hall–Kier alpha value is -1.27. The average molecular weight is 298 g/mol. The van der Waals surface area contributed by atoms with Crippen LogP contribution in [0.5, 0.6) is 5.75 Å². The maximum atomic E-state index is 5.45. The molecule has 0 saturated heterocycles. The summed E-state index contributed by atoms with van der Waals surface area (Å²) in [6.45, 7) is 4.68. The molecule has 110 valence electrons. The van der Waals surface area contributed by atoms with Gasteiger partial charge in [0.25, 0.3) is 0 Å². The average Bonchev–Trinajstić information content (AvgIpc) is 2.53. The fraction of sp³-hybridized carbons (Fsp3) is 0.333. The van der Waals surface area contributed by atoms with E-state index in [4.69, 9.17) is 4.74 Å². The lowest BCUT2D eigenvalue weighted by Gasteiger charge is -2.30. The molecule has 0 N–H and O–H groups in total. The van der Waals surface area contributed by atoms with Crippen LogP contribution in [0.15, 0.2) is 54.6 Å². The first-order valence-electron chi connectivity index (χ1n) is 7.47. The summed E-state index contributed by atoms with van der Waals surface area (Å²) in [5, 5.41) is 0.215. The maximum Gasteiger partial charge on any atom is 0.203 e. The molecule has 0 radical (unpaired) electrons. The Morgan fingerprint density at radius 2 is 1.62 bits per heavy atom. The minimum Gasteiger partial charge on any atom is -0.496 e. The van der Waals surface area contributed by atoms with Crippen molar-refractivity contribution in [2.75, 3.05) is 7.11 Å². The molecule has 21 heavy (non-hydrogen) atoms. The predicted octanol–water partition coefficient (Wildman–Crippen LogP) is 4.18. The molecule has 0 bridgehead atoms. The van der Waals surface area contributed by atoms with E-state index < -0.39 is 0 Å². The number of ether oxygens (including phenoxy) is 1. The first kappa shape index (κ1) is 16.1. The van der Waals surface area contributed by atoms with Crippen LogP contribution in [0, 0.1) is 0 Å². The maximum absolute atomic E-state index is 5.45. The summed E-state index contributed by atoms with van der Waals surface area (Å²) >= 11 is 0. The number of rotatable bonds is 6. The quantitative estimate of drug-likeness (QED) is 0.574. The van der Waals surface area contributed by atoms with Crippen molar-refractivity contribution in [1.82, 2.24) is 0 Å². The molecule has 0 heterocycles. The third-order valence-corrected chi connectivity index (χ3v) is 5.52. The highest BCUT2D eigenvalue weighted by Crippen LogP contribution is 2.37. The Kier molecular flexibility index (Phi) is 5.48. The van der Waals surface area contributed by atoms with Gasteiger partial charge in [0.2, 0.25) is 6.43 Å². The first-order valence-corrected chi connectivity index (χ1v) is 8.13. The van der Waals surface area contributed by atoms with Crippen molar-refractivity contribution in [3.8, 4) is 5.75 Å². The molecule has 2 aromatic rings. The Labute approximate surface area is 131 Å². The van der Waals surface area contributed by atoms with E-state index in [1.54, 1.807) is 7.11 Å². The van der Waals surface area contributed by atoms with Gasteiger partial charge in [0.15, 0.2) is 0 Å². The summed E-state index contributed by atoms with van der Waals surface area (Å²) in [7, 11) is 4.76. The van der Waals surface area contributed by atoms with Gasteiger partial charge in [-0.2, -0.15) is 9.12 Å². The smallest absolute Gasteiger partial charge is 0.203 e. The highest BCUT2D eigenvalue weighted by Gasteiger charge is 2.30. The molecule has 1 atom stereocenters. The topological polar surface area (TPSA) is 9.23 Å². The van der Waals surface area contributed by atoms with Crippen LogP contribution in [-0.4, -0.2) is 13.5 Å². The van der Waals surface area contributed by atoms with Crippen LogP contribution >= 0.6 is 9.12 Å². The van der Waals surface area contributed by atoms with Crippen LogP contribution in [-0.2, 0) is 6.42 Å². The van der Waals surface area contributed by atoms with Gasteiger partial charge in [0, 0.05) is 0 Å². The fourth-order valence-electron chi connectivity index (χ4n) is 2.63. The standard InChI is InChI=1S/C18H24BOP/c1-18(2,19(21)16-10-5-4-6-11-16)14-13-15-9-7-8-12-17(15)20-3/h4-12H,13-14,21H2,1-3H3. The van der Waals surface area contributed by atoms with Gasteiger partial charge in [-0.3, -0.25) is 0 Å². The van der Waals surface area contributed by atoms with E-state index in [0.29, 0.717) is 6.43 Å². The van der Waals surface area contributed by atoms with Crippen molar-refractivity contribution in [3.05, 3.63) is 60.2 Å². The normalized spacial score (nSPS) is 11.2. The highest BCUT2D eigenvalue weighted by molar-refractivity contribution is 7.65. The van der Waals surface area contributed by atoms with Gasteiger partial charge >= 0.3 is 0 Å². The number of hydrogen-bond acceptors (Lipinski definition) is 1. The van der Waals surface area contributed by atoms with Gasteiger partial charge < -0.3 is 4.74 Å². The SMILES string of the molecule is COc1ccccc1CCC(C)(C)B(P)c1ccccc1. The van der Waals surface area contributed by atoms with E-state index in [0.717, 1.165) is 18.6 Å². The molecule has 0 aliphatic carbocycles. The van der Waals surface area contributed by atoms with Gasteiger partial charge in [-0.05, 0) is 29.8 Å². The number of hydrogen-bond donors (Lipinski definition) is 0. The molecule has 0 fully saturated rings. The number of methoxy groups -OCH3 is 1. The monoisotopic (exact) mass is 298 g/mol. The van der Waals surface area contributed by atoms with Crippen LogP contribution < -0.4 is 10.2 Å². The summed E-state index contributed by atoms with van der Waals surface area (Å²) in [6, 6.07) is 19.0. The molecular formula is C18H24BOP. The molecule has 0 saturated carbocycles. The summed E-state index contributed by atoms with van der Waals surface area (Å²) in [5.74, 6) is 0.994. The molecule has 0 aliphatic rings. The number of aryl methyl sites for hydroxylation is 1. The van der Waals surface area contributed by atoms with E-state index in [9.17, 15) is 0 Å². The summed E-state index contributed by atoms with van der Waals surface area (Å²) in [4.78, 5) is 0. The van der Waals surface area contributed by atoms with Crippen LogP contribution in [0.25, 0.3) is 0 Å². The van der Waals surface area contributed by atoms with E-state index >= 15 is 0 Å². The second-order valence-corrected chi connectivity index (χ2v) is 6.86. The minimum absolute atomic E-state index is 0.215. The molecule has 0 spiro atoms. The Morgan fingerprint density at radius 1 is 1.00 bits per heavy atom. The predicted molar refractivity (Wildman–Crippen MR) is 96.9 cm³/mol. The number of para-hydroxylation sites is 1. The molecule has 0 aliphatic heterocycles. The molecule has 2 rings (SSSR count). The summed E-state index contributed by atoms with van der Waals surface area (Å²) < 4.78 is 5.45. The van der Waals surface area contributed by atoms with Crippen LogP contribution in [0.4, 0.5) is 0 Å². The second-order valence-electron chi connectivity index (χ2n) is 6.19. The largest absolute Gasteiger partial charge is 0.496 e. The lowest BCUT2D eigenvalue weighted by atomic mass is 9.47. The van der Waals surface area contributed by atoms with Crippen molar-refractivity contribution in [1.29, 1.82) is 0 Å². The van der Waals surface area contributed by atoms with Gasteiger partial charge in [-0.15, -0.1) is 0 Å².